The highest BCUT2D eigenvalue weighted by molar-refractivity contribution is 7.92. The van der Waals surface area contributed by atoms with E-state index in [1.165, 1.54) is 23.1 Å². The lowest BCUT2D eigenvalue weighted by Gasteiger charge is -2.34. The van der Waals surface area contributed by atoms with Gasteiger partial charge in [0.1, 0.15) is 12.6 Å². The van der Waals surface area contributed by atoms with Gasteiger partial charge in [-0.3, -0.25) is 13.9 Å². The van der Waals surface area contributed by atoms with Crippen molar-refractivity contribution in [3.63, 3.8) is 0 Å². The molecule has 1 N–H and O–H groups in total. The minimum absolute atomic E-state index is 0.00787. The fourth-order valence-corrected chi connectivity index (χ4v) is 6.96. The number of sulfonamides is 1. The third kappa shape index (κ3) is 8.79. The average molecular weight is 687 g/mol. The van der Waals surface area contributed by atoms with Crippen LogP contribution in [0, 0.1) is 6.92 Å². The van der Waals surface area contributed by atoms with Crippen LogP contribution < -0.4 is 9.62 Å². The van der Waals surface area contributed by atoms with Gasteiger partial charge >= 0.3 is 0 Å². The Hall–Kier alpha value is -3.56. The molecule has 4 rings (SSSR count). The summed E-state index contributed by atoms with van der Waals surface area (Å²) in [5, 5.41) is 3.78. The van der Waals surface area contributed by atoms with E-state index in [-0.39, 0.29) is 34.6 Å². The number of halogens is 3. The first-order valence-corrected chi connectivity index (χ1v) is 16.9. The number of hydrogen-bond donors (Lipinski definition) is 1. The van der Waals surface area contributed by atoms with Crippen molar-refractivity contribution in [2.75, 3.05) is 10.8 Å². The second kappa shape index (κ2) is 15.1. The number of anilines is 1. The van der Waals surface area contributed by atoms with Crippen LogP contribution in [0.5, 0.6) is 0 Å². The second-order valence-electron chi connectivity index (χ2n) is 10.9. The number of carbonyl (C=O) groups is 2. The summed E-state index contributed by atoms with van der Waals surface area (Å²) in [6.07, 6.45) is 0.174. The SMILES string of the molecule is Cc1ccc(S(=O)(=O)N(CC(=O)N(Cc2ccc(Cl)cc2Cl)C(Cc2ccccc2)C(=O)NC(C)C)c2ccccc2Cl)cc1. The summed E-state index contributed by atoms with van der Waals surface area (Å²) in [6, 6.07) is 25.7. The zero-order valence-corrected chi connectivity index (χ0v) is 28.2. The quantitative estimate of drug-likeness (QED) is 0.169. The number of para-hydroxylation sites is 1. The van der Waals surface area contributed by atoms with Gasteiger partial charge < -0.3 is 10.2 Å². The topological polar surface area (TPSA) is 86.8 Å². The van der Waals surface area contributed by atoms with E-state index >= 15 is 0 Å². The molecule has 7 nitrogen and oxygen atoms in total. The standard InChI is InChI=1S/C34H34Cl3N3O4S/c1-23(2)38-34(42)32(19-25-9-5-4-6-10-25)39(21-26-15-16-27(35)20-30(26)37)33(41)22-40(31-12-8-7-11-29(31)36)45(43,44)28-17-13-24(3)14-18-28/h4-18,20,23,32H,19,21-22H2,1-3H3,(H,38,42). The van der Waals surface area contributed by atoms with Crippen LogP contribution in [0.15, 0.2) is 102 Å². The van der Waals surface area contributed by atoms with Crippen LogP contribution in [0.25, 0.3) is 0 Å². The summed E-state index contributed by atoms with van der Waals surface area (Å²) in [4.78, 5) is 29.6. The van der Waals surface area contributed by atoms with Crippen molar-refractivity contribution >= 4 is 62.3 Å². The van der Waals surface area contributed by atoms with Gasteiger partial charge in [0.25, 0.3) is 10.0 Å². The summed E-state index contributed by atoms with van der Waals surface area (Å²) < 4.78 is 29.2. The summed E-state index contributed by atoms with van der Waals surface area (Å²) in [5.41, 5.74) is 2.36. The molecule has 4 aromatic carbocycles. The van der Waals surface area contributed by atoms with E-state index in [1.807, 2.05) is 51.1 Å². The average Bonchev–Trinajstić information content (AvgIpc) is 2.99. The molecular formula is C34H34Cl3N3O4S. The van der Waals surface area contributed by atoms with Crippen molar-refractivity contribution in [2.24, 2.45) is 0 Å². The van der Waals surface area contributed by atoms with Crippen molar-refractivity contribution in [1.29, 1.82) is 0 Å². The third-order valence-electron chi connectivity index (χ3n) is 7.07. The zero-order valence-electron chi connectivity index (χ0n) is 25.1. The van der Waals surface area contributed by atoms with Crippen LogP contribution in [-0.4, -0.2) is 43.8 Å². The van der Waals surface area contributed by atoms with Crippen molar-refractivity contribution in [3.8, 4) is 0 Å². The van der Waals surface area contributed by atoms with Crippen LogP contribution in [-0.2, 0) is 32.6 Å². The van der Waals surface area contributed by atoms with Crippen molar-refractivity contribution < 1.29 is 18.0 Å². The van der Waals surface area contributed by atoms with Crippen LogP contribution in [0.3, 0.4) is 0 Å². The van der Waals surface area contributed by atoms with Crippen molar-refractivity contribution in [3.05, 3.63) is 129 Å². The molecule has 0 aliphatic rings. The van der Waals surface area contributed by atoms with E-state index in [0.717, 1.165) is 15.4 Å². The first-order chi connectivity index (χ1) is 21.4. The molecule has 0 aliphatic carbocycles. The molecule has 1 unspecified atom stereocenters. The third-order valence-corrected chi connectivity index (χ3v) is 9.75. The maximum absolute atomic E-state index is 14.5. The molecule has 0 aliphatic heterocycles. The van der Waals surface area contributed by atoms with Crippen LogP contribution >= 0.6 is 34.8 Å². The van der Waals surface area contributed by atoms with Crippen LogP contribution in [0.2, 0.25) is 15.1 Å². The molecule has 4 aromatic rings. The molecule has 0 bridgehead atoms. The zero-order chi connectivity index (χ0) is 32.7. The Morgan fingerprint density at radius 3 is 2.09 bits per heavy atom. The minimum atomic E-state index is -4.28. The van der Waals surface area contributed by atoms with E-state index < -0.39 is 34.4 Å². The van der Waals surface area contributed by atoms with Gasteiger partial charge in [-0.15, -0.1) is 0 Å². The van der Waals surface area contributed by atoms with Crippen LogP contribution in [0.1, 0.15) is 30.5 Å². The Kier molecular flexibility index (Phi) is 11.6. The Morgan fingerprint density at radius 2 is 1.47 bits per heavy atom. The molecule has 45 heavy (non-hydrogen) atoms. The summed E-state index contributed by atoms with van der Waals surface area (Å²) in [7, 11) is -4.28. The van der Waals surface area contributed by atoms with Gasteiger partial charge in [0.2, 0.25) is 11.8 Å². The lowest BCUT2D eigenvalue weighted by Crippen LogP contribution is -2.54. The Labute approximate surface area is 279 Å². The molecule has 1 atom stereocenters. The Bertz CT molecular complexity index is 1750. The summed E-state index contributed by atoms with van der Waals surface area (Å²) in [6.45, 7) is 4.78. The minimum Gasteiger partial charge on any atom is -0.352 e. The normalized spacial score (nSPS) is 12.1. The largest absolute Gasteiger partial charge is 0.352 e. The number of nitrogens with zero attached hydrogens (tertiary/aromatic N) is 2. The molecule has 2 amide bonds. The number of aryl methyl sites for hydroxylation is 1. The van der Waals surface area contributed by atoms with Gasteiger partial charge in [-0.25, -0.2) is 8.42 Å². The fourth-order valence-electron chi connectivity index (χ4n) is 4.77. The number of benzene rings is 4. The number of carbonyl (C=O) groups excluding carboxylic acids is 2. The molecule has 0 aromatic heterocycles. The highest BCUT2D eigenvalue weighted by Crippen LogP contribution is 2.31. The predicted octanol–water partition coefficient (Wildman–Crippen LogP) is 7.32. The highest BCUT2D eigenvalue weighted by Gasteiger charge is 2.35. The second-order valence-corrected chi connectivity index (χ2v) is 14.0. The van der Waals surface area contributed by atoms with Gasteiger partial charge in [0, 0.05) is 29.1 Å². The fraction of sp³-hybridized carbons (Fsp3) is 0.235. The lowest BCUT2D eigenvalue weighted by atomic mass is 10.0. The molecule has 0 saturated carbocycles. The lowest BCUT2D eigenvalue weighted by molar-refractivity contribution is -0.140. The number of hydrogen-bond acceptors (Lipinski definition) is 4. The van der Waals surface area contributed by atoms with Gasteiger partial charge in [0.05, 0.1) is 15.6 Å². The van der Waals surface area contributed by atoms with Crippen molar-refractivity contribution in [2.45, 2.75) is 50.7 Å². The maximum Gasteiger partial charge on any atom is 0.264 e. The summed E-state index contributed by atoms with van der Waals surface area (Å²) in [5.74, 6) is -1.02. The van der Waals surface area contributed by atoms with E-state index in [9.17, 15) is 18.0 Å². The smallest absolute Gasteiger partial charge is 0.264 e. The van der Waals surface area contributed by atoms with Crippen LogP contribution in [0.4, 0.5) is 5.69 Å². The maximum atomic E-state index is 14.5. The molecule has 236 valence electrons. The van der Waals surface area contributed by atoms with Crippen molar-refractivity contribution in [1.82, 2.24) is 10.2 Å². The molecule has 0 heterocycles. The van der Waals surface area contributed by atoms with E-state index in [4.69, 9.17) is 34.8 Å². The molecule has 0 fully saturated rings. The van der Waals surface area contributed by atoms with E-state index in [2.05, 4.69) is 5.32 Å². The number of amides is 2. The molecule has 0 radical (unpaired) electrons. The number of rotatable bonds is 12. The highest BCUT2D eigenvalue weighted by atomic mass is 35.5. The molecular weight excluding hydrogens is 653 g/mol. The van der Waals surface area contributed by atoms with Gasteiger partial charge in [-0.2, -0.15) is 0 Å². The van der Waals surface area contributed by atoms with Gasteiger partial charge in [-0.05, 0) is 68.3 Å². The molecule has 0 spiro atoms. The molecule has 0 saturated heterocycles. The monoisotopic (exact) mass is 685 g/mol. The Morgan fingerprint density at radius 1 is 0.822 bits per heavy atom. The van der Waals surface area contributed by atoms with E-state index in [1.54, 1.807) is 48.5 Å². The van der Waals surface area contributed by atoms with Gasteiger partial charge in [0.15, 0.2) is 0 Å². The summed E-state index contributed by atoms with van der Waals surface area (Å²) >= 11 is 19.2. The predicted molar refractivity (Wildman–Crippen MR) is 181 cm³/mol. The van der Waals surface area contributed by atoms with Gasteiger partial charge in [-0.1, -0.05) is 101 Å². The number of nitrogens with one attached hydrogen (secondary N) is 1. The molecule has 11 heteroatoms. The van der Waals surface area contributed by atoms with E-state index in [0.29, 0.717) is 15.6 Å². The Balaban J connectivity index is 1.83. The first-order valence-electron chi connectivity index (χ1n) is 14.3. The first kappa shape index (κ1) is 34.3.